The van der Waals surface area contributed by atoms with Crippen LogP contribution in [0.1, 0.15) is 41.1 Å². The van der Waals surface area contributed by atoms with Gasteiger partial charge in [0.2, 0.25) is 0 Å². The van der Waals surface area contributed by atoms with Crippen molar-refractivity contribution in [1.82, 2.24) is 0 Å². The first kappa shape index (κ1) is 25.4. The fraction of sp³-hybridized carbons (Fsp3) is 0.233. The zero-order valence-corrected chi connectivity index (χ0v) is 21.2. The summed E-state index contributed by atoms with van der Waals surface area (Å²) < 4.78 is 13.7. The SMILES string of the molecule is NCc1cccc(-c2ccc(C3OC(CSc4cccc[n+]4[O-])CC(c4ccc(CO)cc4)O3)cc2)c1. The van der Waals surface area contributed by atoms with E-state index in [1.807, 2.05) is 60.7 Å². The van der Waals surface area contributed by atoms with E-state index in [9.17, 15) is 10.3 Å². The molecule has 3 atom stereocenters. The first-order valence-corrected chi connectivity index (χ1v) is 13.3. The molecule has 3 aromatic carbocycles. The van der Waals surface area contributed by atoms with Crippen LogP contribution in [0.5, 0.6) is 0 Å². The van der Waals surface area contributed by atoms with Gasteiger partial charge in [0.05, 0.1) is 18.8 Å². The molecule has 3 N–H and O–H groups in total. The maximum Gasteiger partial charge on any atom is 0.251 e. The molecule has 1 aromatic heterocycles. The van der Waals surface area contributed by atoms with Crippen LogP contribution < -0.4 is 10.5 Å². The number of aliphatic hydroxyl groups is 1. The van der Waals surface area contributed by atoms with Crippen molar-refractivity contribution < 1.29 is 19.3 Å². The molecule has 0 bridgehead atoms. The van der Waals surface area contributed by atoms with Gasteiger partial charge in [-0.1, -0.05) is 78.5 Å². The zero-order valence-electron chi connectivity index (χ0n) is 20.4. The summed E-state index contributed by atoms with van der Waals surface area (Å²) in [5, 5.41) is 22.2. The summed E-state index contributed by atoms with van der Waals surface area (Å²) in [4.78, 5) is 0. The first-order chi connectivity index (χ1) is 18.1. The van der Waals surface area contributed by atoms with E-state index in [1.54, 1.807) is 6.07 Å². The van der Waals surface area contributed by atoms with Gasteiger partial charge in [-0.3, -0.25) is 0 Å². The van der Waals surface area contributed by atoms with Crippen molar-refractivity contribution in [2.45, 2.75) is 43.1 Å². The van der Waals surface area contributed by atoms with Crippen LogP contribution in [0, 0.1) is 5.21 Å². The third kappa shape index (κ3) is 6.21. The van der Waals surface area contributed by atoms with Crippen molar-refractivity contribution in [2.24, 2.45) is 5.73 Å². The highest BCUT2D eigenvalue weighted by molar-refractivity contribution is 7.99. The Balaban J connectivity index is 1.37. The average Bonchev–Trinajstić information content (AvgIpc) is 2.97. The largest absolute Gasteiger partial charge is 0.618 e. The molecule has 37 heavy (non-hydrogen) atoms. The van der Waals surface area contributed by atoms with Crippen molar-refractivity contribution >= 4 is 11.8 Å². The second kappa shape index (κ2) is 11.9. The molecule has 2 heterocycles. The summed E-state index contributed by atoms with van der Waals surface area (Å²) in [6, 6.07) is 29.7. The molecule has 4 aromatic rings. The van der Waals surface area contributed by atoms with Crippen LogP contribution in [0.4, 0.5) is 0 Å². The number of hydrogen-bond donors (Lipinski definition) is 2. The number of aromatic nitrogens is 1. The molecule has 0 amide bonds. The Morgan fingerprint density at radius 3 is 2.38 bits per heavy atom. The van der Waals surface area contributed by atoms with Gasteiger partial charge in [0.15, 0.2) is 12.5 Å². The highest BCUT2D eigenvalue weighted by atomic mass is 32.2. The highest BCUT2D eigenvalue weighted by Crippen LogP contribution is 2.39. The van der Waals surface area contributed by atoms with E-state index in [0.717, 1.165) is 38.1 Å². The molecule has 3 unspecified atom stereocenters. The predicted molar refractivity (Wildman–Crippen MR) is 144 cm³/mol. The third-order valence-electron chi connectivity index (χ3n) is 6.50. The third-order valence-corrected chi connectivity index (χ3v) is 7.65. The number of rotatable bonds is 8. The molecule has 0 radical (unpaired) electrons. The van der Waals surface area contributed by atoms with Crippen molar-refractivity contribution in [3.05, 3.63) is 125 Å². The Labute approximate surface area is 221 Å². The second-order valence-electron chi connectivity index (χ2n) is 9.05. The molecule has 1 aliphatic heterocycles. The maximum absolute atomic E-state index is 12.1. The first-order valence-electron chi connectivity index (χ1n) is 12.3. The van der Waals surface area contributed by atoms with Gasteiger partial charge in [0.25, 0.3) is 5.03 Å². The number of nitrogens with zero attached hydrogens (tertiary/aromatic N) is 1. The quantitative estimate of drug-likeness (QED) is 0.189. The van der Waals surface area contributed by atoms with Gasteiger partial charge in [0, 0.05) is 36.4 Å². The van der Waals surface area contributed by atoms with Crippen molar-refractivity contribution in [2.75, 3.05) is 5.75 Å². The number of thioether (sulfide) groups is 1. The van der Waals surface area contributed by atoms with E-state index in [-0.39, 0.29) is 18.8 Å². The van der Waals surface area contributed by atoms with E-state index in [4.69, 9.17) is 15.2 Å². The van der Waals surface area contributed by atoms with Crippen LogP contribution in [0.25, 0.3) is 11.1 Å². The summed E-state index contributed by atoms with van der Waals surface area (Å²) in [5.74, 6) is 0.626. The van der Waals surface area contributed by atoms with Gasteiger partial charge in [-0.25, -0.2) is 0 Å². The second-order valence-corrected chi connectivity index (χ2v) is 10.1. The van der Waals surface area contributed by atoms with E-state index < -0.39 is 6.29 Å². The van der Waals surface area contributed by atoms with E-state index in [2.05, 4.69) is 24.3 Å². The molecule has 0 aliphatic carbocycles. The molecule has 0 saturated carbocycles. The number of aliphatic hydroxyl groups excluding tert-OH is 1. The van der Waals surface area contributed by atoms with E-state index in [0.29, 0.717) is 23.7 Å². The fourth-order valence-corrected chi connectivity index (χ4v) is 5.37. The fourth-order valence-electron chi connectivity index (χ4n) is 4.44. The topological polar surface area (TPSA) is 91.7 Å². The minimum absolute atomic E-state index is 0.00358. The summed E-state index contributed by atoms with van der Waals surface area (Å²) in [7, 11) is 0. The maximum atomic E-state index is 12.1. The summed E-state index contributed by atoms with van der Waals surface area (Å²) >= 11 is 1.48. The van der Waals surface area contributed by atoms with Crippen molar-refractivity contribution in [1.29, 1.82) is 0 Å². The van der Waals surface area contributed by atoms with Crippen molar-refractivity contribution in [3.8, 4) is 11.1 Å². The standard InChI is InChI=1S/C30H30N2O4S/c31-18-22-4-3-5-26(16-22)23-11-13-25(14-12-23)30-35-27(20-37-29-6-1-2-15-32(29)34)17-28(36-30)24-9-7-21(19-33)8-10-24/h1-16,27-28,30,33H,17-20,31H2. The predicted octanol–water partition coefficient (Wildman–Crippen LogP) is 5.28. The van der Waals surface area contributed by atoms with Crippen LogP contribution in [-0.4, -0.2) is 17.0 Å². The number of hydrogen-bond acceptors (Lipinski definition) is 6. The number of nitrogens with two attached hydrogens (primary N) is 1. The zero-order chi connectivity index (χ0) is 25.6. The smallest absolute Gasteiger partial charge is 0.251 e. The molecular weight excluding hydrogens is 484 g/mol. The lowest BCUT2D eigenvalue weighted by Gasteiger charge is -2.36. The van der Waals surface area contributed by atoms with Gasteiger partial charge in [-0.05, 0) is 39.9 Å². The molecule has 1 aliphatic rings. The van der Waals surface area contributed by atoms with Crippen LogP contribution in [0.2, 0.25) is 0 Å². The Morgan fingerprint density at radius 2 is 1.65 bits per heavy atom. The summed E-state index contributed by atoms with van der Waals surface area (Å²) in [5.41, 5.74) is 11.9. The molecule has 5 rings (SSSR count). The average molecular weight is 515 g/mol. The molecule has 7 heteroatoms. The number of benzene rings is 3. The number of ether oxygens (including phenoxy) is 2. The Morgan fingerprint density at radius 1 is 0.865 bits per heavy atom. The van der Waals surface area contributed by atoms with Gasteiger partial charge in [0.1, 0.15) is 0 Å². The van der Waals surface area contributed by atoms with Gasteiger partial charge >= 0.3 is 0 Å². The van der Waals surface area contributed by atoms with E-state index >= 15 is 0 Å². The Kier molecular flexibility index (Phi) is 8.18. The lowest BCUT2D eigenvalue weighted by molar-refractivity contribution is -0.645. The highest BCUT2D eigenvalue weighted by Gasteiger charge is 2.32. The van der Waals surface area contributed by atoms with Crippen LogP contribution in [0.15, 0.2) is 102 Å². The minimum atomic E-state index is -0.540. The lowest BCUT2D eigenvalue weighted by Crippen LogP contribution is -2.32. The van der Waals surface area contributed by atoms with Crippen LogP contribution in [-0.2, 0) is 22.6 Å². The van der Waals surface area contributed by atoms with Gasteiger partial charge < -0.3 is 25.5 Å². The molecule has 1 fully saturated rings. The molecule has 190 valence electrons. The lowest BCUT2D eigenvalue weighted by atomic mass is 9.99. The van der Waals surface area contributed by atoms with Crippen LogP contribution in [0.3, 0.4) is 0 Å². The monoisotopic (exact) mass is 514 g/mol. The summed E-state index contributed by atoms with van der Waals surface area (Å²) in [6.45, 7) is 0.509. The van der Waals surface area contributed by atoms with Crippen LogP contribution >= 0.6 is 11.8 Å². The normalized spacial score (nSPS) is 19.6. The van der Waals surface area contributed by atoms with Gasteiger partial charge in [-0.2, -0.15) is 4.73 Å². The minimum Gasteiger partial charge on any atom is -0.618 e. The number of pyridine rings is 1. The van der Waals surface area contributed by atoms with Gasteiger partial charge in [-0.15, -0.1) is 0 Å². The van der Waals surface area contributed by atoms with E-state index in [1.165, 1.54) is 18.0 Å². The van der Waals surface area contributed by atoms with Crippen molar-refractivity contribution in [3.63, 3.8) is 0 Å². The Bertz CT molecular complexity index is 1310. The Hall–Kier alpha value is -3.20. The molecule has 6 nitrogen and oxygen atoms in total. The summed E-state index contributed by atoms with van der Waals surface area (Å²) in [6.07, 6.45) is 1.34. The molecule has 1 saturated heterocycles. The molecule has 0 spiro atoms. The molecular formula is C30H30N2O4S.